The van der Waals surface area contributed by atoms with Gasteiger partial charge in [-0.2, -0.15) is 0 Å². The van der Waals surface area contributed by atoms with E-state index in [-0.39, 0.29) is 58.7 Å². The van der Waals surface area contributed by atoms with E-state index in [0.29, 0.717) is 6.42 Å². The Morgan fingerprint density at radius 1 is 0.543 bits per heavy atom. The Kier molecular flexibility index (Phi) is 23.3. The van der Waals surface area contributed by atoms with E-state index >= 15 is 0 Å². The van der Waals surface area contributed by atoms with Gasteiger partial charge in [-0.3, -0.25) is 19.2 Å². The lowest BCUT2D eigenvalue weighted by Crippen LogP contribution is -2.60. The van der Waals surface area contributed by atoms with Crippen LogP contribution in [0, 0.1) is 0 Å². The number of nitrogens with one attached hydrogen (secondary N) is 5. The van der Waals surface area contributed by atoms with E-state index in [1.54, 1.807) is 76.2 Å². The number of carboxylic acids is 1. The van der Waals surface area contributed by atoms with Crippen LogP contribution in [0.2, 0.25) is 0 Å². The van der Waals surface area contributed by atoms with Gasteiger partial charge in [-0.15, -0.1) is 0 Å². The molecule has 4 rings (SSSR count). The molecule has 0 bridgehead atoms. The normalized spacial score (nSPS) is 13.2. The summed E-state index contributed by atoms with van der Waals surface area (Å²) in [5.41, 5.74) is 2.15. The van der Waals surface area contributed by atoms with Crippen molar-refractivity contribution >= 4 is 41.8 Å². The number of carbonyl (C=O) groups is 7. The van der Waals surface area contributed by atoms with Crippen LogP contribution in [0.4, 0.5) is 9.59 Å². The van der Waals surface area contributed by atoms with Crippen LogP contribution in [0.3, 0.4) is 0 Å². The highest BCUT2D eigenvalue weighted by molar-refractivity contribution is 5.95. The highest BCUT2D eigenvalue weighted by Gasteiger charge is 2.35. The van der Waals surface area contributed by atoms with Crippen LogP contribution in [0.5, 0.6) is 0 Å². The molecule has 0 saturated heterocycles. The van der Waals surface area contributed by atoms with E-state index in [0.717, 1.165) is 22.3 Å². The fourth-order valence-corrected chi connectivity index (χ4v) is 6.62. The third-order valence-corrected chi connectivity index (χ3v) is 10.3. The maximum Gasteiger partial charge on any atom is 0.408 e. The summed E-state index contributed by atoms with van der Waals surface area (Å²) in [6.45, 7) is 6.40. The van der Waals surface area contributed by atoms with Crippen molar-refractivity contribution in [2.75, 3.05) is 13.2 Å². The molecule has 0 aliphatic carbocycles. The molecular formula is C52H65N5O13. The molecule has 5 amide bonds. The molecule has 4 aromatic carbocycles. The molecule has 18 nitrogen and oxygen atoms in total. The second-order valence-electron chi connectivity index (χ2n) is 17.3. The second kappa shape index (κ2) is 29.5. The van der Waals surface area contributed by atoms with Crippen LogP contribution in [0.15, 0.2) is 121 Å². The van der Waals surface area contributed by atoms with Gasteiger partial charge in [0.2, 0.25) is 17.7 Å². The number of carbonyl (C=O) groups excluding carboxylic acids is 6. The standard InChI is InChI=1S/C52H65N5O13/c1-36(67-32-38-21-11-6-12-22-38)45(57-51(65)70-52(2,3)4)48(61)56-43(35-66-31-37-19-9-5-10-20-37)47(60)54-41(28-29-44(58)68-33-39-23-13-7-14-24-39)46(59)55-42(49(62)63)27-17-18-30-53-50(64)69-34-40-25-15-8-16-26-40/h5-16,19-26,36,41-43,45H,17-18,27-35H2,1-4H3,(H,53,64)(H,54,60)(H,55,59)(H,56,61)(H,57,65)(H,62,63)/t36-,41+,42+,43+,45+/m1/s1. The van der Waals surface area contributed by atoms with Crippen LogP contribution in [-0.2, 0) is 74.1 Å². The third-order valence-electron chi connectivity index (χ3n) is 10.3. The molecular weight excluding hydrogens is 903 g/mol. The van der Waals surface area contributed by atoms with Gasteiger partial charge in [0.25, 0.3) is 0 Å². The Morgan fingerprint density at radius 3 is 1.57 bits per heavy atom. The van der Waals surface area contributed by atoms with E-state index < -0.39 is 84.3 Å². The van der Waals surface area contributed by atoms with E-state index in [4.69, 9.17) is 23.7 Å². The number of alkyl carbamates (subject to hydrolysis) is 2. The van der Waals surface area contributed by atoms with Gasteiger partial charge in [-0.1, -0.05) is 121 Å². The van der Waals surface area contributed by atoms with E-state index in [9.17, 15) is 38.7 Å². The Hall–Kier alpha value is -7.31. The first-order chi connectivity index (χ1) is 33.6. The Morgan fingerprint density at radius 2 is 1.03 bits per heavy atom. The molecule has 0 aliphatic heterocycles. The van der Waals surface area contributed by atoms with Crippen LogP contribution < -0.4 is 26.6 Å². The van der Waals surface area contributed by atoms with Gasteiger partial charge in [0, 0.05) is 13.0 Å². The lowest BCUT2D eigenvalue weighted by atomic mass is 10.1. The average Bonchev–Trinajstić information content (AvgIpc) is 3.34. The molecule has 4 aromatic rings. The number of ether oxygens (including phenoxy) is 5. The first-order valence-corrected chi connectivity index (χ1v) is 23.1. The van der Waals surface area contributed by atoms with Crippen molar-refractivity contribution in [1.82, 2.24) is 26.6 Å². The zero-order valence-corrected chi connectivity index (χ0v) is 40.1. The molecule has 0 spiro atoms. The van der Waals surface area contributed by atoms with Gasteiger partial charge in [0.1, 0.15) is 43.0 Å². The summed E-state index contributed by atoms with van der Waals surface area (Å²) in [6, 6.07) is 30.3. The number of rotatable bonds is 28. The molecule has 0 fully saturated rings. The summed E-state index contributed by atoms with van der Waals surface area (Å²) in [4.78, 5) is 93.3. The molecule has 0 saturated carbocycles. The molecule has 70 heavy (non-hydrogen) atoms. The number of esters is 1. The van der Waals surface area contributed by atoms with Crippen molar-refractivity contribution in [3.63, 3.8) is 0 Å². The second-order valence-corrected chi connectivity index (χ2v) is 17.3. The van der Waals surface area contributed by atoms with Crippen LogP contribution in [0.25, 0.3) is 0 Å². The number of benzene rings is 4. The summed E-state index contributed by atoms with van der Waals surface area (Å²) in [5.74, 6) is -4.77. The van der Waals surface area contributed by atoms with Crippen molar-refractivity contribution < 1.29 is 62.4 Å². The van der Waals surface area contributed by atoms with Gasteiger partial charge < -0.3 is 55.4 Å². The number of aliphatic carboxylic acids is 1. The Balaban J connectivity index is 1.50. The third kappa shape index (κ3) is 21.8. The van der Waals surface area contributed by atoms with Gasteiger partial charge in [0.05, 0.1) is 25.9 Å². The minimum Gasteiger partial charge on any atom is -0.480 e. The van der Waals surface area contributed by atoms with E-state index in [1.165, 1.54) is 0 Å². The minimum absolute atomic E-state index is 0.0263. The van der Waals surface area contributed by atoms with E-state index in [1.807, 2.05) is 72.8 Å². The Labute approximate surface area is 408 Å². The van der Waals surface area contributed by atoms with Crippen molar-refractivity contribution in [1.29, 1.82) is 0 Å². The maximum atomic E-state index is 14.3. The number of unbranched alkanes of at least 4 members (excludes halogenated alkanes) is 1. The average molecular weight is 968 g/mol. The first-order valence-electron chi connectivity index (χ1n) is 23.1. The molecule has 0 unspecified atom stereocenters. The van der Waals surface area contributed by atoms with Crippen LogP contribution in [-0.4, -0.2) is 96.0 Å². The number of carboxylic acid groups (broad SMARTS) is 1. The van der Waals surface area contributed by atoms with Crippen LogP contribution in [0.1, 0.15) is 82.1 Å². The van der Waals surface area contributed by atoms with Gasteiger partial charge >= 0.3 is 24.1 Å². The van der Waals surface area contributed by atoms with Gasteiger partial charge in [-0.25, -0.2) is 14.4 Å². The van der Waals surface area contributed by atoms with Gasteiger partial charge in [0.15, 0.2) is 0 Å². The molecule has 0 heterocycles. The fraction of sp³-hybridized carbons (Fsp3) is 0.404. The number of hydrogen-bond donors (Lipinski definition) is 6. The summed E-state index contributed by atoms with van der Waals surface area (Å²) in [6.07, 6.45) is -2.68. The molecule has 18 heteroatoms. The number of amides is 5. The molecule has 0 aliphatic rings. The quantitative estimate of drug-likeness (QED) is 0.0222. The highest BCUT2D eigenvalue weighted by Crippen LogP contribution is 2.13. The topological polar surface area (TPSA) is 246 Å². The maximum absolute atomic E-state index is 14.3. The lowest BCUT2D eigenvalue weighted by molar-refractivity contribution is -0.146. The summed E-state index contributed by atoms with van der Waals surface area (Å²) in [5, 5.41) is 23.0. The van der Waals surface area contributed by atoms with Gasteiger partial charge in [-0.05, 0) is 75.6 Å². The monoisotopic (exact) mass is 967 g/mol. The summed E-state index contributed by atoms with van der Waals surface area (Å²) >= 11 is 0. The first kappa shape index (κ1) is 55.3. The highest BCUT2D eigenvalue weighted by atomic mass is 16.6. The fourth-order valence-electron chi connectivity index (χ4n) is 6.62. The van der Waals surface area contributed by atoms with Crippen molar-refractivity contribution in [3.8, 4) is 0 Å². The summed E-state index contributed by atoms with van der Waals surface area (Å²) < 4.78 is 28.0. The molecule has 5 atom stereocenters. The predicted octanol–water partition coefficient (Wildman–Crippen LogP) is 5.86. The largest absolute Gasteiger partial charge is 0.480 e. The Bertz CT molecular complexity index is 2250. The van der Waals surface area contributed by atoms with Crippen molar-refractivity contribution in [3.05, 3.63) is 144 Å². The van der Waals surface area contributed by atoms with Crippen LogP contribution >= 0.6 is 0 Å². The predicted molar refractivity (Wildman–Crippen MR) is 257 cm³/mol. The van der Waals surface area contributed by atoms with Crippen molar-refractivity contribution in [2.24, 2.45) is 0 Å². The number of hydrogen-bond acceptors (Lipinski definition) is 12. The summed E-state index contributed by atoms with van der Waals surface area (Å²) in [7, 11) is 0. The lowest BCUT2D eigenvalue weighted by Gasteiger charge is -2.29. The molecule has 0 aromatic heterocycles. The van der Waals surface area contributed by atoms with E-state index in [2.05, 4.69) is 26.6 Å². The SMILES string of the molecule is C[C@@H](OCc1ccccc1)[C@H](NC(=O)OC(C)(C)C)C(=O)N[C@@H](COCc1ccccc1)C(=O)N[C@@H](CCC(=O)OCc1ccccc1)C(=O)N[C@@H](CCCCNC(=O)OCc1ccccc1)C(=O)O. The van der Waals surface area contributed by atoms with Crippen molar-refractivity contribution in [2.45, 2.75) is 122 Å². The smallest absolute Gasteiger partial charge is 0.408 e. The zero-order valence-electron chi connectivity index (χ0n) is 40.1. The minimum atomic E-state index is -1.52. The molecule has 376 valence electrons. The molecule has 6 N–H and O–H groups in total. The zero-order chi connectivity index (χ0) is 50.7. The molecule has 0 radical (unpaired) electrons.